The Bertz CT molecular complexity index is 494. The molecule has 1 aromatic carbocycles. The van der Waals surface area contributed by atoms with Crippen LogP contribution in [0.4, 0.5) is 5.69 Å². The fourth-order valence-corrected chi connectivity index (χ4v) is 3.56. The van der Waals surface area contributed by atoms with Crippen LogP contribution in [0.1, 0.15) is 51.2 Å². The van der Waals surface area contributed by atoms with Gasteiger partial charge in [-0.25, -0.2) is 0 Å². The molecule has 1 aliphatic heterocycles. The summed E-state index contributed by atoms with van der Waals surface area (Å²) in [4.78, 5) is 15.2. The first-order valence-electron chi connectivity index (χ1n) is 8.14. The predicted octanol–water partition coefficient (Wildman–Crippen LogP) is 4.73. The second-order valence-electron chi connectivity index (χ2n) is 6.05. The standard InChI is InChI=1S/C18H26BrNO/c1-4-15(5-2)18(21)20-10-6-7-16-12-14(11-13(3)19)8-9-17(16)20/h8-9,12-13,15H,4-7,10-11H2,1-3H3. The molecular weight excluding hydrogens is 326 g/mol. The fourth-order valence-electron chi connectivity index (χ4n) is 3.19. The number of aryl methyl sites for hydroxylation is 1. The van der Waals surface area contributed by atoms with E-state index >= 15 is 0 Å². The Morgan fingerprint density at radius 2 is 2.05 bits per heavy atom. The number of fused-ring (bicyclic) bond motifs is 1. The van der Waals surface area contributed by atoms with Gasteiger partial charge in [0.15, 0.2) is 0 Å². The molecule has 1 amide bonds. The van der Waals surface area contributed by atoms with E-state index in [-0.39, 0.29) is 5.92 Å². The van der Waals surface area contributed by atoms with E-state index in [1.54, 1.807) is 0 Å². The fraction of sp³-hybridized carbons (Fsp3) is 0.611. The van der Waals surface area contributed by atoms with Gasteiger partial charge in [0.2, 0.25) is 5.91 Å². The van der Waals surface area contributed by atoms with Crippen molar-refractivity contribution in [2.45, 2.75) is 57.7 Å². The van der Waals surface area contributed by atoms with Crippen molar-refractivity contribution in [2.24, 2.45) is 5.92 Å². The molecule has 0 aliphatic carbocycles. The van der Waals surface area contributed by atoms with Gasteiger partial charge in [-0.3, -0.25) is 4.79 Å². The number of nitrogens with zero attached hydrogens (tertiary/aromatic N) is 1. The molecule has 1 heterocycles. The maximum absolute atomic E-state index is 12.7. The molecule has 2 nitrogen and oxygen atoms in total. The topological polar surface area (TPSA) is 20.3 Å². The number of halogens is 1. The number of rotatable bonds is 5. The van der Waals surface area contributed by atoms with Crippen LogP contribution < -0.4 is 4.90 Å². The van der Waals surface area contributed by atoms with Crippen LogP contribution in [-0.2, 0) is 17.6 Å². The number of hydrogen-bond donors (Lipinski definition) is 0. The van der Waals surface area contributed by atoms with Gasteiger partial charge in [0.05, 0.1) is 0 Å². The quantitative estimate of drug-likeness (QED) is 0.702. The molecule has 116 valence electrons. The largest absolute Gasteiger partial charge is 0.312 e. The summed E-state index contributed by atoms with van der Waals surface area (Å²) in [6.45, 7) is 7.26. The van der Waals surface area contributed by atoms with Crippen LogP contribution in [0.25, 0.3) is 0 Å². The van der Waals surface area contributed by atoms with Crippen molar-refractivity contribution < 1.29 is 4.79 Å². The highest BCUT2D eigenvalue weighted by Gasteiger charge is 2.26. The van der Waals surface area contributed by atoms with E-state index in [1.165, 1.54) is 11.1 Å². The number of benzene rings is 1. The Hall–Kier alpha value is -0.830. The Balaban J connectivity index is 2.25. The number of carbonyl (C=O) groups is 1. The van der Waals surface area contributed by atoms with Crippen LogP contribution in [0.2, 0.25) is 0 Å². The van der Waals surface area contributed by atoms with Crippen molar-refractivity contribution in [3.8, 4) is 0 Å². The summed E-state index contributed by atoms with van der Waals surface area (Å²) >= 11 is 3.62. The van der Waals surface area contributed by atoms with Crippen LogP contribution in [0, 0.1) is 5.92 Å². The van der Waals surface area contributed by atoms with Crippen molar-refractivity contribution in [1.82, 2.24) is 0 Å². The number of hydrogen-bond acceptors (Lipinski definition) is 1. The average molecular weight is 352 g/mol. The Morgan fingerprint density at radius 1 is 1.33 bits per heavy atom. The number of carbonyl (C=O) groups excluding carboxylic acids is 1. The lowest BCUT2D eigenvalue weighted by molar-refractivity contribution is -0.122. The zero-order valence-corrected chi connectivity index (χ0v) is 14.9. The van der Waals surface area contributed by atoms with Crippen molar-refractivity contribution in [3.05, 3.63) is 29.3 Å². The van der Waals surface area contributed by atoms with E-state index in [0.717, 1.165) is 44.3 Å². The average Bonchev–Trinajstić information content (AvgIpc) is 2.46. The number of alkyl halides is 1. The molecule has 1 aliphatic rings. The first-order valence-corrected chi connectivity index (χ1v) is 9.05. The second kappa shape index (κ2) is 7.44. The predicted molar refractivity (Wildman–Crippen MR) is 93.3 cm³/mol. The molecule has 0 saturated carbocycles. The lowest BCUT2D eigenvalue weighted by Crippen LogP contribution is -2.39. The lowest BCUT2D eigenvalue weighted by Gasteiger charge is -2.32. The number of amides is 1. The third-order valence-corrected chi connectivity index (χ3v) is 4.70. The van der Waals surface area contributed by atoms with Crippen LogP contribution in [-0.4, -0.2) is 17.3 Å². The molecular formula is C18H26BrNO. The SMILES string of the molecule is CCC(CC)C(=O)N1CCCc2cc(CC(C)Br)ccc21. The molecule has 0 radical (unpaired) electrons. The van der Waals surface area contributed by atoms with Gasteiger partial charge in [-0.2, -0.15) is 0 Å². The summed E-state index contributed by atoms with van der Waals surface area (Å²) < 4.78 is 0. The molecule has 3 heteroatoms. The van der Waals surface area contributed by atoms with Gasteiger partial charge in [-0.15, -0.1) is 0 Å². The summed E-state index contributed by atoms with van der Waals surface area (Å²) in [5.74, 6) is 0.473. The smallest absolute Gasteiger partial charge is 0.230 e. The Kier molecular flexibility index (Phi) is 5.86. The van der Waals surface area contributed by atoms with Gasteiger partial charge in [-0.05, 0) is 49.3 Å². The van der Waals surface area contributed by atoms with Crippen molar-refractivity contribution >= 4 is 27.5 Å². The first-order chi connectivity index (χ1) is 10.1. The molecule has 1 aromatic rings. The van der Waals surface area contributed by atoms with E-state index in [0.29, 0.717) is 10.7 Å². The summed E-state index contributed by atoms with van der Waals surface area (Å²) in [7, 11) is 0. The van der Waals surface area contributed by atoms with E-state index in [1.807, 2.05) is 4.90 Å². The maximum atomic E-state index is 12.7. The van der Waals surface area contributed by atoms with E-state index in [2.05, 4.69) is 54.9 Å². The highest BCUT2D eigenvalue weighted by Crippen LogP contribution is 2.30. The summed E-state index contributed by atoms with van der Waals surface area (Å²) in [6.07, 6.45) is 5.06. The lowest BCUT2D eigenvalue weighted by atomic mass is 9.95. The molecule has 1 unspecified atom stereocenters. The molecule has 0 saturated heterocycles. The minimum atomic E-state index is 0.165. The van der Waals surface area contributed by atoms with Crippen LogP contribution in [0.3, 0.4) is 0 Å². The molecule has 21 heavy (non-hydrogen) atoms. The van der Waals surface area contributed by atoms with Gasteiger partial charge in [0, 0.05) is 23.0 Å². The third-order valence-electron chi connectivity index (χ3n) is 4.38. The van der Waals surface area contributed by atoms with E-state index in [9.17, 15) is 4.79 Å². The highest BCUT2D eigenvalue weighted by atomic mass is 79.9. The van der Waals surface area contributed by atoms with E-state index in [4.69, 9.17) is 0 Å². The van der Waals surface area contributed by atoms with Gasteiger partial charge < -0.3 is 4.90 Å². The van der Waals surface area contributed by atoms with Crippen molar-refractivity contribution in [2.75, 3.05) is 11.4 Å². The molecule has 2 rings (SSSR count). The normalized spacial score (nSPS) is 16.0. The Labute approximate surface area is 137 Å². The molecule has 1 atom stereocenters. The molecule has 0 aromatic heterocycles. The van der Waals surface area contributed by atoms with Gasteiger partial charge >= 0.3 is 0 Å². The van der Waals surface area contributed by atoms with Gasteiger partial charge in [0.25, 0.3) is 0 Å². The number of anilines is 1. The zero-order chi connectivity index (χ0) is 15.4. The minimum Gasteiger partial charge on any atom is -0.312 e. The molecule has 0 bridgehead atoms. The highest BCUT2D eigenvalue weighted by molar-refractivity contribution is 9.09. The van der Waals surface area contributed by atoms with Crippen molar-refractivity contribution in [3.63, 3.8) is 0 Å². The maximum Gasteiger partial charge on any atom is 0.230 e. The minimum absolute atomic E-state index is 0.165. The molecule has 0 fully saturated rings. The monoisotopic (exact) mass is 351 g/mol. The van der Waals surface area contributed by atoms with Gasteiger partial charge in [0.1, 0.15) is 0 Å². The van der Waals surface area contributed by atoms with Gasteiger partial charge in [-0.1, -0.05) is 48.8 Å². The van der Waals surface area contributed by atoms with Crippen LogP contribution >= 0.6 is 15.9 Å². The van der Waals surface area contributed by atoms with Crippen LogP contribution in [0.5, 0.6) is 0 Å². The Morgan fingerprint density at radius 3 is 2.67 bits per heavy atom. The second-order valence-corrected chi connectivity index (χ2v) is 7.62. The van der Waals surface area contributed by atoms with E-state index < -0.39 is 0 Å². The summed E-state index contributed by atoms with van der Waals surface area (Å²) in [6, 6.07) is 6.62. The molecule has 0 spiro atoms. The zero-order valence-electron chi connectivity index (χ0n) is 13.4. The first kappa shape index (κ1) is 16.5. The third kappa shape index (κ3) is 3.88. The summed E-state index contributed by atoms with van der Waals surface area (Å²) in [5.41, 5.74) is 3.84. The van der Waals surface area contributed by atoms with Crippen molar-refractivity contribution in [1.29, 1.82) is 0 Å². The summed E-state index contributed by atoms with van der Waals surface area (Å²) in [5, 5.41) is 0. The van der Waals surface area contributed by atoms with Crippen LogP contribution in [0.15, 0.2) is 18.2 Å². The molecule has 0 N–H and O–H groups in total.